The van der Waals surface area contributed by atoms with E-state index >= 15 is 0 Å². The van der Waals surface area contributed by atoms with Gasteiger partial charge in [0.05, 0.1) is 5.92 Å². The number of rotatable bonds is 2. The zero-order valence-corrected chi connectivity index (χ0v) is 6.19. The number of halogens is 2. The molecule has 0 saturated heterocycles. The third kappa shape index (κ3) is 1.83. The van der Waals surface area contributed by atoms with Crippen LogP contribution in [0.1, 0.15) is 0 Å². The van der Waals surface area contributed by atoms with Crippen LogP contribution in [0.3, 0.4) is 0 Å². The average Bonchev–Trinajstić information content (AvgIpc) is 2.04. The van der Waals surface area contributed by atoms with E-state index in [1.165, 1.54) is 18.2 Å². The Kier molecular flexibility index (Phi) is 2.82. The molecule has 1 rings (SSSR count). The summed E-state index contributed by atoms with van der Waals surface area (Å²) in [6.45, 7) is -0.176. The zero-order valence-electron chi connectivity index (χ0n) is 6.19. The van der Waals surface area contributed by atoms with Gasteiger partial charge in [0.2, 0.25) is 0 Å². The van der Waals surface area contributed by atoms with Crippen LogP contribution in [0.5, 0.6) is 0 Å². The summed E-state index contributed by atoms with van der Waals surface area (Å²) in [5.41, 5.74) is 7.95. The van der Waals surface area contributed by atoms with Crippen molar-refractivity contribution in [3.05, 3.63) is 34.5 Å². The van der Waals surface area contributed by atoms with Crippen LogP contribution in [0.4, 0.5) is 8.78 Å². The first kappa shape index (κ1) is 8.74. The highest BCUT2D eigenvalue weighted by Gasteiger charge is 2.24. The van der Waals surface area contributed by atoms with Gasteiger partial charge in [0.15, 0.2) is 0 Å². The Balaban J connectivity index is 2.68. The van der Waals surface area contributed by atoms with E-state index in [1.807, 2.05) is 0 Å². The molecule has 0 aliphatic heterocycles. The van der Waals surface area contributed by atoms with Gasteiger partial charge >= 0.3 is 0 Å². The van der Waals surface area contributed by atoms with Crippen LogP contribution in [-0.2, 0) is 0 Å². The minimum absolute atomic E-state index is 0.176. The van der Waals surface area contributed by atoms with E-state index < -0.39 is 17.9 Å². The summed E-state index contributed by atoms with van der Waals surface area (Å²) in [6.07, 6.45) is 2.33. The molecular weight excluding hydrogens is 164 g/mol. The van der Waals surface area contributed by atoms with Crippen molar-refractivity contribution >= 4 is 0 Å². The maximum atomic E-state index is 12.9. The van der Waals surface area contributed by atoms with Gasteiger partial charge in [-0.25, -0.2) is 8.78 Å². The Bertz CT molecular complexity index is 266. The Morgan fingerprint density at radius 3 is 3.00 bits per heavy atom. The molecule has 0 spiro atoms. The highest BCUT2D eigenvalue weighted by molar-refractivity contribution is 5.20. The summed E-state index contributed by atoms with van der Waals surface area (Å²) >= 11 is 0. The van der Waals surface area contributed by atoms with Crippen LogP contribution < -0.4 is 0 Å². The van der Waals surface area contributed by atoms with Crippen molar-refractivity contribution in [2.75, 3.05) is 6.54 Å². The molecule has 64 valence electrons. The molecule has 12 heavy (non-hydrogen) atoms. The Labute approximate surface area is 68.0 Å². The predicted molar refractivity (Wildman–Crippen MR) is 40.7 cm³/mol. The number of azide groups is 1. The van der Waals surface area contributed by atoms with Crippen LogP contribution in [-0.4, -0.2) is 12.7 Å². The fraction of sp³-hybridized carbons (Fsp3) is 0.429. The van der Waals surface area contributed by atoms with Crippen LogP contribution in [0.15, 0.2) is 29.2 Å². The van der Waals surface area contributed by atoms with Crippen molar-refractivity contribution in [2.45, 2.75) is 6.17 Å². The molecule has 0 heterocycles. The molecular formula is C7H7F2N3. The van der Waals surface area contributed by atoms with Gasteiger partial charge in [-0.3, -0.25) is 0 Å². The van der Waals surface area contributed by atoms with E-state index in [-0.39, 0.29) is 6.54 Å². The molecule has 3 nitrogen and oxygen atoms in total. The second-order valence-electron chi connectivity index (χ2n) is 2.40. The lowest BCUT2D eigenvalue weighted by Gasteiger charge is -2.16. The largest absolute Gasteiger partial charge is 0.242 e. The van der Waals surface area contributed by atoms with Gasteiger partial charge in [-0.05, 0) is 17.7 Å². The van der Waals surface area contributed by atoms with E-state index in [2.05, 4.69) is 10.0 Å². The van der Waals surface area contributed by atoms with Gasteiger partial charge in [-0.1, -0.05) is 11.2 Å². The van der Waals surface area contributed by atoms with Gasteiger partial charge in [0.1, 0.15) is 12.0 Å². The SMILES string of the molecule is [N-]=[N+]=NCC1C(F)=CC=CC1F. The smallest absolute Gasteiger partial charge is 0.128 e. The molecule has 0 amide bonds. The van der Waals surface area contributed by atoms with Crippen molar-refractivity contribution in [2.24, 2.45) is 11.0 Å². The summed E-state index contributed by atoms with van der Waals surface area (Å²) in [4.78, 5) is 2.44. The first-order chi connectivity index (χ1) is 5.75. The van der Waals surface area contributed by atoms with E-state index in [4.69, 9.17) is 5.53 Å². The lowest BCUT2D eigenvalue weighted by atomic mass is 9.98. The van der Waals surface area contributed by atoms with E-state index in [1.54, 1.807) is 0 Å². The number of hydrogen-bond acceptors (Lipinski definition) is 1. The third-order valence-corrected chi connectivity index (χ3v) is 1.63. The summed E-state index contributed by atoms with van der Waals surface area (Å²) < 4.78 is 25.7. The summed E-state index contributed by atoms with van der Waals surface area (Å²) in [7, 11) is 0. The quantitative estimate of drug-likeness (QED) is 0.348. The highest BCUT2D eigenvalue weighted by Crippen LogP contribution is 2.24. The summed E-state index contributed by atoms with van der Waals surface area (Å²) in [5, 5.41) is 3.12. The first-order valence-electron chi connectivity index (χ1n) is 3.44. The monoisotopic (exact) mass is 171 g/mol. The lowest BCUT2D eigenvalue weighted by Crippen LogP contribution is -2.19. The summed E-state index contributed by atoms with van der Waals surface area (Å²) in [5.74, 6) is -1.51. The first-order valence-corrected chi connectivity index (χ1v) is 3.44. The zero-order chi connectivity index (χ0) is 8.97. The van der Waals surface area contributed by atoms with Crippen molar-refractivity contribution in [3.8, 4) is 0 Å². The molecule has 0 radical (unpaired) electrons. The molecule has 5 heteroatoms. The maximum Gasteiger partial charge on any atom is 0.128 e. The lowest BCUT2D eigenvalue weighted by molar-refractivity contribution is 0.280. The Morgan fingerprint density at radius 1 is 1.67 bits per heavy atom. The topological polar surface area (TPSA) is 48.8 Å². The van der Waals surface area contributed by atoms with Gasteiger partial charge in [-0.15, -0.1) is 0 Å². The van der Waals surface area contributed by atoms with Crippen molar-refractivity contribution in [1.29, 1.82) is 0 Å². The van der Waals surface area contributed by atoms with Crippen molar-refractivity contribution < 1.29 is 8.78 Å². The minimum atomic E-state index is -1.39. The van der Waals surface area contributed by atoms with Crippen molar-refractivity contribution in [1.82, 2.24) is 0 Å². The van der Waals surface area contributed by atoms with E-state index in [9.17, 15) is 8.78 Å². The number of alkyl halides is 1. The molecule has 0 saturated carbocycles. The second kappa shape index (κ2) is 3.88. The van der Waals surface area contributed by atoms with E-state index in [0.717, 1.165) is 0 Å². The molecule has 0 fully saturated rings. The molecule has 0 bridgehead atoms. The van der Waals surface area contributed by atoms with Crippen LogP contribution in [0.2, 0.25) is 0 Å². The second-order valence-corrected chi connectivity index (χ2v) is 2.40. The molecule has 0 N–H and O–H groups in total. The molecule has 2 atom stereocenters. The van der Waals surface area contributed by atoms with Crippen LogP contribution >= 0.6 is 0 Å². The normalized spacial score (nSPS) is 27.7. The van der Waals surface area contributed by atoms with Gasteiger partial charge in [0.25, 0.3) is 0 Å². The van der Waals surface area contributed by atoms with Gasteiger partial charge in [-0.2, -0.15) is 0 Å². The van der Waals surface area contributed by atoms with Crippen LogP contribution in [0, 0.1) is 5.92 Å². The van der Waals surface area contributed by atoms with E-state index in [0.29, 0.717) is 0 Å². The minimum Gasteiger partial charge on any atom is -0.242 e. The predicted octanol–water partition coefficient (Wildman–Crippen LogP) is 2.67. The standard InChI is InChI=1S/C7H7F2N3/c8-6-2-1-3-7(9)5(6)4-11-12-10/h1-3,5-6H,4H2. The Morgan fingerprint density at radius 2 is 2.42 bits per heavy atom. The number of nitrogens with zero attached hydrogens (tertiary/aromatic N) is 3. The molecule has 0 aromatic heterocycles. The van der Waals surface area contributed by atoms with Crippen LogP contribution in [0.25, 0.3) is 10.4 Å². The molecule has 1 aliphatic rings. The highest BCUT2D eigenvalue weighted by atomic mass is 19.1. The molecule has 0 aromatic carbocycles. The molecule has 1 aliphatic carbocycles. The average molecular weight is 171 g/mol. The fourth-order valence-corrected chi connectivity index (χ4v) is 0.976. The number of hydrogen-bond donors (Lipinski definition) is 0. The van der Waals surface area contributed by atoms with Gasteiger partial charge < -0.3 is 0 Å². The number of allylic oxidation sites excluding steroid dienone is 3. The summed E-state index contributed by atoms with van der Waals surface area (Å²) in [6, 6.07) is 0. The third-order valence-electron chi connectivity index (χ3n) is 1.63. The van der Waals surface area contributed by atoms with Gasteiger partial charge in [0, 0.05) is 11.5 Å². The maximum absolute atomic E-state index is 12.9. The Hall–Kier alpha value is -1.35. The van der Waals surface area contributed by atoms with Crippen molar-refractivity contribution in [3.63, 3.8) is 0 Å². The molecule has 2 unspecified atom stereocenters. The fourth-order valence-electron chi connectivity index (χ4n) is 0.976. The molecule has 0 aromatic rings.